The maximum atomic E-state index is 12.6. The summed E-state index contributed by atoms with van der Waals surface area (Å²) in [6.07, 6.45) is 3.33. The molecule has 0 unspecified atom stereocenters. The third-order valence-electron chi connectivity index (χ3n) is 4.12. The van der Waals surface area contributed by atoms with Gasteiger partial charge in [-0.2, -0.15) is 0 Å². The second-order valence-electron chi connectivity index (χ2n) is 6.12. The van der Waals surface area contributed by atoms with E-state index in [-0.39, 0.29) is 27.3 Å². The predicted molar refractivity (Wildman–Crippen MR) is 103 cm³/mol. The molecule has 146 valence electrons. The van der Waals surface area contributed by atoms with E-state index in [1.165, 1.54) is 26.0 Å². The Morgan fingerprint density at radius 3 is 2.26 bits per heavy atom. The number of sulfone groups is 1. The first-order valence-electron chi connectivity index (χ1n) is 8.35. The maximum absolute atomic E-state index is 12.6. The Kier molecular flexibility index (Phi) is 6.06. The SMILES string of the molecule is CCC(=O)NS(=O)(=O)c1ccc(S(C)(=O)=O)c(-c2cc(CC)ccn2)c1C. The third kappa shape index (κ3) is 4.54. The highest BCUT2D eigenvalue weighted by Crippen LogP contribution is 2.33. The number of sulfonamides is 1. The number of pyridine rings is 1. The van der Waals surface area contributed by atoms with Gasteiger partial charge in [-0.05, 0) is 48.7 Å². The molecule has 0 spiro atoms. The Bertz CT molecular complexity index is 1090. The Labute approximate surface area is 159 Å². The van der Waals surface area contributed by atoms with Gasteiger partial charge in [0.05, 0.1) is 15.5 Å². The number of carbonyl (C=O) groups is 1. The molecule has 0 saturated carbocycles. The molecule has 1 heterocycles. The van der Waals surface area contributed by atoms with Crippen molar-refractivity contribution < 1.29 is 21.6 Å². The second kappa shape index (κ2) is 7.77. The summed E-state index contributed by atoms with van der Waals surface area (Å²) in [5.41, 5.74) is 1.74. The highest BCUT2D eigenvalue weighted by molar-refractivity contribution is 7.91. The lowest BCUT2D eigenvalue weighted by Gasteiger charge is -2.16. The zero-order valence-corrected chi connectivity index (χ0v) is 17.2. The minimum Gasteiger partial charge on any atom is -0.274 e. The van der Waals surface area contributed by atoms with E-state index in [1.54, 1.807) is 18.3 Å². The van der Waals surface area contributed by atoms with Crippen LogP contribution < -0.4 is 4.72 Å². The molecule has 0 bridgehead atoms. The van der Waals surface area contributed by atoms with Crippen molar-refractivity contribution in [2.45, 2.75) is 43.4 Å². The molecule has 1 amide bonds. The number of amides is 1. The van der Waals surface area contributed by atoms with Crippen molar-refractivity contribution in [3.8, 4) is 11.3 Å². The van der Waals surface area contributed by atoms with Gasteiger partial charge < -0.3 is 0 Å². The first-order chi connectivity index (χ1) is 12.5. The fourth-order valence-corrected chi connectivity index (χ4v) is 4.94. The van der Waals surface area contributed by atoms with Crippen molar-refractivity contribution in [2.75, 3.05) is 6.26 Å². The van der Waals surface area contributed by atoms with E-state index >= 15 is 0 Å². The van der Waals surface area contributed by atoms with Gasteiger partial charge in [-0.25, -0.2) is 21.6 Å². The summed E-state index contributed by atoms with van der Waals surface area (Å²) >= 11 is 0. The van der Waals surface area contributed by atoms with Crippen LogP contribution in [0.2, 0.25) is 0 Å². The largest absolute Gasteiger partial charge is 0.274 e. The molecule has 0 radical (unpaired) electrons. The van der Waals surface area contributed by atoms with Gasteiger partial charge >= 0.3 is 0 Å². The van der Waals surface area contributed by atoms with E-state index in [9.17, 15) is 21.6 Å². The van der Waals surface area contributed by atoms with Crippen LogP contribution in [0.1, 0.15) is 31.4 Å². The summed E-state index contributed by atoms with van der Waals surface area (Å²) in [5.74, 6) is -0.644. The highest BCUT2D eigenvalue weighted by atomic mass is 32.2. The van der Waals surface area contributed by atoms with Gasteiger partial charge in [0.1, 0.15) is 0 Å². The summed E-state index contributed by atoms with van der Waals surface area (Å²) in [7, 11) is -7.77. The minimum absolute atomic E-state index is 0.00661. The molecule has 0 saturated heterocycles. The summed E-state index contributed by atoms with van der Waals surface area (Å²) < 4.78 is 51.7. The third-order valence-corrected chi connectivity index (χ3v) is 6.78. The first kappa shape index (κ1) is 21.0. The van der Waals surface area contributed by atoms with E-state index in [4.69, 9.17) is 0 Å². The lowest BCUT2D eigenvalue weighted by Crippen LogP contribution is -2.30. The maximum Gasteiger partial charge on any atom is 0.264 e. The van der Waals surface area contributed by atoms with E-state index < -0.39 is 25.8 Å². The van der Waals surface area contributed by atoms with Crippen molar-refractivity contribution in [3.63, 3.8) is 0 Å². The Morgan fingerprint density at radius 2 is 1.70 bits per heavy atom. The van der Waals surface area contributed by atoms with E-state index in [0.717, 1.165) is 11.8 Å². The average molecular weight is 411 g/mol. The van der Waals surface area contributed by atoms with Crippen molar-refractivity contribution >= 4 is 25.8 Å². The van der Waals surface area contributed by atoms with Crippen LogP contribution in [-0.2, 0) is 31.1 Å². The van der Waals surface area contributed by atoms with Gasteiger partial charge in [0.15, 0.2) is 9.84 Å². The molecule has 1 aromatic carbocycles. The Hall–Kier alpha value is -2.26. The van der Waals surface area contributed by atoms with Crippen molar-refractivity contribution in [3.05, 3.63) is 41.6 Å². The lowest BCUT2D eigenvalue weighted by atomic mass is 10.0. The molecule has 1 aromatic heterocycles. The van der Waals surface area contributed by atoms with Crippen LogP contribution in [0.3, 0.4) is 0 Å². The standard InChI is InChI=1S/C18H22N2O5S2/c1-5-13-9-10-19-14(11-13)18-12(3)15(7-8-16(18)26(4,22)23)27(24,25)20-17(21)6-2/h7-11H,5-6H2,1-4H3,(H,20,21). The van der Waals surface area contributed by atoms with Gasteiger partial charge in [-0.1, -0.05) is 13.8 Å². The predicted octanol–water partition coefficient (Wildman–Crippen LogP) is 2.24. The number of aryl methyl sites for hydroxylation is 1. The monoisotopic (exact) mass is 410 g/mol. The molecule has 9 heteroatoms. The van der Waals surface area contributed by atoms with Crippen LogP contribution in [0.4, 0.5) is 0 Å². The average Bonchev–Trinajstić information content (AvgIpc) is 2.59. The fraction of sp³-hybridized carbons (Fsp3) is 0.333. The van der Waals surface area contributed by atoms with Crippen LogP contribution in [0, 0.1) is 6.92 Å². The number of nitrogens with zero attached hydrogens (tertiary/aromatic N) is 1. The topological polar surface area (TPSA) is 110 Å². The quantitative estimate of drug-likeness (QED) is 0.782. The molecule has 2 aromatic rings. The second-order valence-corrected chi connectivity index (χ2v) is 9.75. The molecular weight excluding hydrogens is 388 g/mol. The molecule has 0 atom stereocenters. The van der Waals surface area contributed by atoms with E-state index in [0.29, 0.717) is 12.1 Å². The minimum atomic E-state index is -4.13. The van der Waals surface area contributed by atoms with Crippen molar-refractivity contribution in [2.24, 2.45) is 0 Å². The zero-order valence-electron chi connectivity index (χ0n) is 15.6. The number of nitrogens with one attached hydrogen (secondary N) is 1. The van der Waals surface area contributed by atoms with E-state index in [1.807, 2.05) is 11.6 Å². The molecular formula is C18H22N2O5S2. The molecule has 0 aliphatic rings. The van der Waals surface area contributed by atoms with Gasteiger partial charge in [0.2, 0.25) is 5.91 Å². The van der Waals surface area contributed by atoms with Crippen LogP contribution >= 0.6 is 0 Å². The summed E-state index contributed by atoms with van der Waals surface area (Å²) in [4.78, 5) is 15.7. The summed E-state index contributed by atoms with van der Waals surface area (Å²) in [6, 6.07) is 5.98. The van der Waals surface area contributed by atoms with Crippen LogP contribution in [0.5, 0.6) is 0 Å². The summed E-state index contributed by atoms with van der Waals surface area (Å²) in [6.45, 7) is 5.00. The molecule has 27 heavy (non-hydrogen) atoms. The number of hydrogen-bond donors (Lipinski definition) is 1. The first-order valence-corrected chi connectivity index (χ1v) is 11.7. The smallest absolute Gasteiger partial charge is 0.264 e. The normalized spacial score (nSPS) is 12.0. The van der Waals surface area contributed by atoms with Crippen LogP contribution in [-0.4, -0.2) is 34.0 Å². The highest BCUT2D eigenvalue weighted by Gasteiger charge is 2.26. The lowest BCUT2D eigenvalue weighted by molar-refractivity contribution is -0.119. The number of rotatable bonds is 6. The summed E-state index contributed by atoms with van der Waals surface area (Å²) in [5, 5.41) is 0. The number of benzene rings is 1. The number of carbonyl (C=O) groups excluding carboxylic acids is 1. The molecule has 0 fully saturated rings. The molecule has 2 rings (SSSR count). The number of aromatic nitrogens is 1. The van der Waals surface area contributed by atoms with Crippen LogP contribution in [0.15, 0.2) is 40.3 Å². The van der Waals surface area contributed by atoms with Crippen molar-refractivity contribution in [1.82, 2.24) is 9.71 Å². The molecule has 0 aliphatic carbocycles. The Balaban J connectivity index is 2.81. The van der Waals surface area contributed by atoms with Gasteiger partial charge in [0, 0.05) is 24.4 Å². The van der Waals surface area contributed by atoms with E-state index in [2.05, 4.69) is 4.98 Å². The molecule has 0 aliphatic heterocycles. The number of hydrogen-bond acceptors (Lipinski definition) is 6. The van der Waals surface area contributed by atoms with Crippen molar-refractivity contribution in [1.29, 1.82) is 0 Å². The molecule has 7 nitrogen and oxygen atoms in total. The van der Waals surface area contributed by atoms with Gasteiger partial charge in [-0.3, -0.25) is 9.78 Å². The Morgan fingerprint density at radius 1 is 1.07 bits per heavy atom. The molecule has 1 N–H and O–H groups in total. The van der Waals surface area contributed by atoms with Gasteiger partial charge in [-0.15, -0.1) is 0 Å². The fourth-order valence-electron chi connectivity index (χ4n) is 2.69. The van der Waals surface area contributed by atoms with Crippen LogP contribution in [0.25, 0.3) is 11.3 Å². The zero-order chi connectivity index (χ0) is 20.4. The van der Waals surface area contributed by atoms with Gasteiger partial charge in [0.25, 0.3) is 10.0 Å².